The maximum atomic E-state index is 13.2. The van der Waals surface area contributed by atoms with Gasteiger partial charge in [0.15, 0.2) is 11.5 Å². The minimum Gasteiger partial charge on any atom is -0.504 e. The Kier molecular flexibility index (Phi) is 9.29. The van der Waals surface area contributed by atoms with Gasteiger partial charge in [-0.25, -0.2) is 0 Å². The van der Waals surface area contributed by atoms with E-state index in [-0.39, 0.29) is 22.9 Å². The number of ketones is 2. The molecule has 0 aromatic heterocycles. The lowest BCUT2D eigenvalue weighted by Gasteiger charge is -2.32. The maximum absolute atomic E-state index is 13.2. The molecular formula is C26H39NO3. The smallest absolute Gasteiger partial charge is 0.228 e. The van der Waals surface area contributed by atoms with Crippen LogP contribution in [-0.4, -0.2) is 28.3 Å². The fourth-order valence-corrected chi connectivity index (χ4v) is 4.18. The normalized spacial score (nSPS) is 15.5. The molecule has 4 heteroatoms. The van der Waals surface area contributed by atoms with Crippen LogP contribution in [0.15, 0.2) is 35.6 Å². The van der Waals surface area contributed by atoms with E-state index >= 15 is 0 Å². The zero-order chi connectivity index (χ0) is 22.1. The minimum atomic E-state index is -0.451. The van der Waals surface area contributed by atoms with Crippen molar-refractivity contribution in [3.05, 3.63) is 46.7 Å². The molecule has 1 aliphatic rings. The molecule has 4 nitrogen and oxygen atoms in total. The van der Waals surface area contributed by atoms with Crippen LogP contribution in [0.4, 0.5) is 0 Å². The largest absolute Gasteiger partial charge is 0.504 e. The van der Waals surface area contributed by atoms with Gasteiger partial charge in [-0.2, -0.15) is 0 Å². The second-order valence-corrected chi connectivity index (χ2v) is 9.53. The molecule has 0 spiro atoms. The number of fused-ring (bicyclic) bond motifs is 1. The van der Waals surface area contributed by atoms with Crippen molar-refractivity contribution in [3.63, 3.8) is 0 Å². The molecule has 1 aromatic carbocycles. The van der Waals surface area contributed by atoms with Crippen LogP contribution in [0, 0.1) is 0 Å². The average molecular weight is 414 g/mol. The SMILES string of the molecule is CCCCCCCCCCCC(NC(C)(C)C)C1=C(O)C(=O)c2ccccc2C1=O. The number of nitrogens with one attached hydrogen (secondary N) is 1. The van der Waals surface area contributed by atoms with E-state index in [4.69, 9.17) is 0 Å². The summed E-state index contributed by atoms with van der Waals surface area (Å²) < 4.78 is 0. The number of allylic oxidation sites excluding steroid dienone is 1. The summed E-state index contributed by atoms with van der Waals surface area (Å²) in [4.78, 5) is 25.8. The first-order valence-electron chi connectivity index (χ1n) is 11.7. The highest BCUT2D eigenvalue weighted by atomic mass is 16.3. The van der Waals surface area contributed by atoms with Crippen LogP contribution in [0.1, 0.15) is 113 Å². The Balaban J connectivity index is 2.02. The third kappa shape index (κ3) is 6.80. The van der Waals surface area contributed by atoms with E-state index in [1.165, 1.54) is 44.9 Å². The lowest BCUT2D eigenvalue weighted by Crippen LogP contribution is -2.47. The number of unbranched alkanes of at least 4 members (excludes halogenated alkanes) is 8. The van der Waals surface area contributed by atoms with Crippen molar-refractivity contribution in [3.8, 4) is 0 Å². The molecule has 1 aromatic rings. The van der Waals surface area contributed by atoms with E-state index in [9.17, 15) is 14.7 Å². The molecule has 0 bridgehead atoms. The highest BCUT2D eigenvalue weighted by molar-refractivity contribution is 6.26. The van der Waals surface area contributed by atoms with Gasteiger partial charge in [-0.1, -0.05) is 89.0 Å². The molecule has 1 aliphatic carbocycles. The van der Waals surface area contributed by atoms with Crippen molar-refractivity contribution in [1.82, 2.24) is 5.32 Å². The summed E-state index contributed by atoms with van der Waals surface area (Å²) in [5, 5.41) is 14.1. The third-order valence-electron chi connectivity index (χ3n) is 5.68. The number of rotatable bonds is 12. The number of aliphatic hydroxyl groups excluding tert-OH is 1. The number of Topliss-reactive ketones (excluding diaryl/α,β-unsaturated/α-hetero) is 2. The lowest BCUT2D eigenvalue weighted by molar-refractivity contribution is 0.0919. The fourth-order valence-electron chi connectivity index (χ4n) is 4.18. The van der Waals surface area contributed by atoms with Gasteiger partial charge in [0, 0.05) is 22.7 Å². The molecule has 1 unspecified atom stereocenters. The van der Waals surface area contributed by atoms with Crippen molar-refractivity contribution >= 4 is 11.6 Å². The zero-order valence-electron chi connectivity index (χ0n) is 19.2. The summed E-state index contributed by atoms with van der Waals surface area (Å²) in [5.74, 6) is -1.08. The van der Waals surface area contributed by atoms with Gasteiger partial charge in [-0.05, 0) is 27.2 Å². The average Bonchev–Trinajstić information content (AvgIpc) is 2.69. The first kappa shape index (κ1) is 24.3. The molecule has 0 heterocycles. The molecule has 0 fully saturated rings. The van der Waals surface area contributed by atoms with Crippen LogP contribution in [0.5, 0.6) is 0 Å². The Morgan fingerprint density at radius 3 is 1.87 bits per heavy atom. The molecule has 0 saturated carbocycles. The van der Waals surface area contributed by atoms with Crippen LogP contribution >= 0.6 is 0 Å². The highest BCUT2D eigenvalue weighted by Crippen LogP contribution is 2.29. The molecule has 166 valence electrons. The monoisotopic (exact) mass is 413 g/mol. The van der Waals surface area contributed by atoms with Crippen LogP contribution in [0.25, 0.3) is 0 Å². The van der Waals surface area contributed by atoms with Crippen molar-refractivity contribution in [1.29, 1.82) is 0 Å². The van der Waals surface area contributed by atoms with Gasteiger partial charge < -0.3 is 10.4 Å². The van der Waals surface area contributed by atoms with Crippen LogP contribution in [-0.2, 0) is 0 Å². The maximum Gasteiger partial charge on any atom is 0.228 e. The lowest BCUT2D eigenvalue weighted by atomic mass is 9.82. The number of carbonyl (C=O) groups excluding carboxylic acids is 2. The second-order valence-electron chi connectivity index (χ2n) is 9.53. The fraction of sp³-hybridized carbons (Fsp3) is 0.615. The zero-order valence-corrected chi connectivity index (χ0v) is 19.2. The van der Waals surface area contributed by atoms with E-state index in [1.807, 2.05) is 20.8 Å². The molecule has 0 saturated heterocycles. The molecule has 30 heavy (non-hydrogen) atoms. The van der Waals surface area contributed by atoms with Gasteiger partial charge in [-0.15, -0.1) is 0 Å². The predicted molar refractivity (Wildman–Crippen MR) is 123 cm³/mol. The quantitative estimate of drug-likeness (QED) is 0.381. The van der Waals surface area contributed by atoms with Crippen molar-refractivity contribution in [2.75, 3.05) is 0 Å². The Bertz CT molecular complexity index is 758. The van der Waals surface area contributed by atoms with Gasteiger partial charge in [0.2, 0.25) is 5.78 Å². The highest BCUT2D eigenvalue weighted by Gasteiger charge is 2.36. The summed E-state index contributed by atoms with van der Waals surface area (Å²) in [6.45, 7) is 8.35. The minimum absolute atomic E-state index is 0.230. The van der Waals surface area contributed by atoms with E-state index in [2.05, 4.69) is 12.2 Å². The first-order chi connectivity index (χ1) is 14.3. The summed E-state index contributed by atoms with van der Waals surface area (Å²) in [5.41, 5.74) is 0.676. The molecule has 0 amide bonds. The first-order valence-corrected chi connectivity index (χ1v) is 11.7. The summed E-state index contributed by atoms with van der Waals surface area (Å²) in [7, 11) is 0. The molecule has 1 atom stereocenters. The Morgan fingerprint density at radius 1 is 0.833 bits per heavy atom. The number of hydrogen-bond donors (Lipinski definition) is 2. The number of carbonyl (C=O) groups is 2. The van der Waals surface area contributed by atoms with E-state index < -0.39 is 11.5 Å². The van der Waals surface area contributed by atoms with Crippen LogP contribution < -0.4 is 5.32 Å². The summed E-state index contributed by atoms with van der Waals surface area (Å²) in [6, 6.07) is 6.43. The molecule has 0 aliphatic heterocycles. The number of benzene rings is 1. The van der Waals surface area contributed by atoms with Gasteiger partial charge in [0.05, 0.1) is 5.57 Å². The number of aliphatic hydroxyl groups is 1. The van der Waals surface area contributed by atoms with Crippen molar-refractivity contribution in [2.45, 2.75) is 103 Å². The topological polar surface area (TPSA) is 66.4 Å². The third-order valence-corrected chi connectivity index (χ3v) is 5.68. The summed E-state index contributed by atoms with van der Waals surface area (Å²) >= 11 is 0. The van der Waals surface area contributed by atoms with Gasteiger partial charge in [0.1, 0.15) is 0 Å². The molecular weight excluding hydrogens is 374 g/mol. The predicted octanol–water partition coefficient (Wildman–Crippen LogP) is 6.56. The Morgan fingerprint density at radius 2 is 1.33 bits per heavy atom. The van der Waals surface area contributed by atoms with Crippen molar-refractivity contribution < 1.29 is 14.7 Å². The molecule has 2 rings (SSSR count). The van der Waals surface area contributed by atoms with Gasteiger partial charge in [-0.3, -0.25) is 9.59 Å². The Labute approximate surface area is 182 Å². The molecule has 0 radical (unpaired) electrons. The summed E-state index contributed by atoms with van der Waals surface area (Å²) in [6.07, 6.45) is 11.8. The molecule has 2 N–H and O–H groups in total. The second kappa shape index (κ2) is 11.5. The number of hydrogen-bond acceptors (Lipinski definition) is 4. The van der Waals surface area contributed by atoms with Gasteiger partial charge >= 0.3 is 0 Å². The Hall–Kier alpha value is -1.94. The van der Waals surface area contributed by atoms with Crippen LogP contribution in [0.3, 0.4) is 0 Å². The van der Waals surface area contributed by atoms with Crippen molar-refractivity contribution in [2.24, 2.45) is 0 Å². The van der Waals surface area contributed by atoms with E-state index in [1.54, 1.807) is 24.3 Å². The van der Waals surface area contributed by atoms with Crippen LogP contribution in [0.2, 0.25) is 0 Å². The standard InChI is InChI=1S/C26H39NO3/c1-5-6-7-8-9-10-11-12-13-18-21(27-26(2,3)4)22-23(28)19-16-14-15-17-20(19)24(29)25(22)30/h14-17,21,27,30H,5-13,18H2,1-4H3. The van der Waals surface area contributed by atoms with E-state index in [0.717, 1.165) is 19.3 Å². The van der Waals surface area contributed by atoms with Gasteiger partial charge in [0.25, 0.3) is 0 Å². The van der Waals surface area contributed by atoms with E-state index in [0.29, 0.717) is 11.1 Å².